The van der Waals surface area contributed by atoms with E-state index in [0.29, 0.717) is 11.5 Å². The van der Waals surface area contributed by atoms with Crippen molar-refractivity contribution < 1.29 is 0 Å². The van der Waals surface area contributed by atoms with Gasteiger partial charge in [0.25, 0.3) is 0 Å². The van der Waals surface area contributed by atoms with Crippen molar-refractivity contribution in [1.29, 1.82) is 0 Å². The van der Waals surface area contributed by atoms with Crippen LogP contribution in [0.5, 0.6) is 0 Å². The summed E-state index contributed by atoms with van der Waals surface area (Å²) in [7, 11) is 0. The average molecular weight is 261 g/mol. The topological polar surface area (TPSA) is 75.1 Å². The molecule has 18 heavy (non-hydrogen) atoms. The van der Waals surface area contributed by atoms with Crippen LogP contribution in [-0.4, -0.2) is 19.8 Å². The average Bonchev–Trinajstić information content (AvgIpc) is 3.00. The quantitative estimate of drug-likeness (QED) is 0.751. The normalized spacial score (nSPS) is 12.7. The van der Waals surface area contributed by atoms with Crippen molar-refractivity contribution in [2.75, 3.05) is 5.32 Å². The third kappa shape index (κ3) is 1.88. The fourth-order valence-corrected chi connectivity index (χ4v) is 2.46. The van der Waals surface area contributed by atoms with Gasteiger partial charge in [-0.3, -0.25) is 0 Å². The summed E-state index contributed by atoms with van der Waals surface area (Å²) in [4.78, 5) is 11.4. The Morgan fingerprint density at radius 3 is 3.11 bits per heavy atom. The number of thiophene rings is 1. The highest BCUT2D eigenvalue weighted by Crippen LogP contribution is 2.19. The first-order valence-corrected chi connectivity index (χ1v) is 6.41. The minimum absolute atomic E-state index is 0.142. The number of aromatic amines is 1. The maximum Gasteiger partial charge on any atom is 0.364 e. The Hall–Kier alpha value is -2.15. The zero-order valence-electron chi connectivity index (χ0n) is 9.62. The Bertz CT molecular complexity index is 714. The lowest BCUT2D eigenvalue weighted by Gasteiger charge is -2.12. The fraction of sp³-hybridized carbons (Fsp3) is 0.182. The van der Waals surface area contributed by atoms with Crippen LogP contribution >= 0.6 is 11.3 Å². The van der Waals surface area contributed by atoms with Crippen LogP contribution in [0.1, 0.15) is 18.5 Å². The predicted octanol–water partition coefficient (Wildman–Crippen LogP) is 1.65. The summed E-state index contributed by atoms with van der Waals surface area (Å²) in [5, 5.41) is 17.7. The van der Waals surface area contributed by atoms with Crippen LogP contribution in [0.25, 0.3) is 5.65 Å². The van der Waals surface area contributed by atoms with Crippen molar-refractivity contribution in [2.24, 2.45) is 0 Å². The Balaban J connectivity index is 1.90. The van der Waals surface area contributed by atoms with E-state index in [4.69, 9.17) is 0 Å². The molecule has 0 aromatic carbocycles. The minimum Gasteiger partial charge on any atom is -0.362 e. The maximum absolute atomic E-state index is 11.4. The molecule has 7 heteroatoms. The zero-order chi connectivity index (χ0) is 12.5. The van der Waals surface area contributed by atoms with Crippen molar-refractivity contribution in [3.8, 4) is 0 Å². The monoisotopic (exact) mass is 261 g/mol. The molecule has 0 fully saturated rings. The summed E-state index contributed by atoms with van der Waals surface area (Å²) in [6.07, 6.45) is 0. The molecule has 1 unspecified atom stereocenters. The van der Waals surface area contributed by atoms with Gasteiger partial charge < -0.3 is 5.32 Å². The molecule has 0 spiro atoms. The summed E-state index contributed by atoms with van der Waals surface area (Å²) >= 11 is 1.65. The van der Waals surface area contributed by atoms with E-state index in [-0.39, 0.29) is 11.7 Å². The van der Waals surface area contributed by atoms with E-state index in [0.717, 1.165) is 0 Å². The number of anilines is 1. The van der Waals surface area contributed by atoms with E-state index in [9.17, 15) is 4.79 Å². The summed E-state index contributed by atoms with van der Waals surface area (Å²) in [5.41, 5.74) is 1.37. The van der Waals surface area contributed by atoms with E-state index >= 15 is 0 Å². The summed E-state index contributed by atoms with van der Waals surface area (Å²) in [6, 6.07) is 5.75. The molecular formula is C11H11N5OS. The van der Waals surface area contributed by atoms with Crippen LogP contribution in [0.15, 0.2) is 33.8 Å². The minimum atomic E-state index is -0.336. The highest BCUT2D eigenvalue weighted by Gasteiger charge is 2.08. The van der Waals surface area contributed by atoms with E-state index in [1.165, 1.54) is 10.1 Å². The van der Waals surface area contributed by atoms with Crippen molar-refractivity contribution in [3.63, 3.8) is 0 Å². The maximum atomic E-state index is 11.4. The molecule has 3 heterocycles. The molecule has 6 nitrogen and oxygen atoms in total. The number of aromatic nitrogens is 4. The number of nitrogens with zero attached hydrogens (tertiary/aromatic N) is 3. The molecule has 2 N–H and O–H groups in total. The smallest absolute Gasteiger partial charge is 0.362 e. The lowest BCUT2D eigenvalue weighted by molar-refractivity contribution is 0.833. The van der Waals surface area contributed by atoms with Crippen LogP contribution in [0.4, 0.5) is 5.82 Å². The second-order valence-corrected chi connectivity index (χ2v) is 4.72. The van der Waals surface area contributed by atoms with Crippen LogP contribution in [0.2, 0.25) is 0 Å². The zero-order valence-corrected chi connectivity index (χ0v) is 10.4. The van der Waals surface area contributed by atoms with Crippen molar-refractivity contribution in [2.45, 2.75) is 13.0 Å². The predicted molar refractivity (Wildman–Crippen MR) is 70.0 cm³/mol. The number of hydrogen-bond donors (Lipinski definition) is 2. The molecule has 1 atom stereocenters. The third-order valence-corrected chi connectivity index (χ3v) is 3.38. The van der Waals surface area contributed by atoms with Crippen molar-refractivity contribution in [1.82, 2.24) is 19.8 Å². The van der Waals surface area contributed by atoms with E-state index in [1.54, 1.807) is 23.5 Å². The van der Waals surface area contributed by atoms with Crippen LogP contribution in [0.3, 0.4) is 0 Å². The van der Waals surface area contributed by atoms with Gasteiger partial charge in [-0.05, 0) is 41.4 Å². The molecular weight excluding hydrogens is 250 g/mol. The second-order valence-electron chi connectivity index (χ2n) is 3.94. The Morgan fingerprint density at radius 1 is 1.44 bits per heavy atom. The van der Waals surface area contributed by atoms with E-state index in [1.807, 2.05) is 12.3 Å². The molecule has 0 radical (unpaired) electrons. The van der Waals surface area contributed by atoms with Crippen LogP contribution < -0.4 is 11.0 Å². The summed E-state index contributed by atoms with van der Waals surface area (Å²) in [6.45, 7) is 2.05. The van der Waals surface area contributed by atoms with Gasteiger partial charge in [0.05, 0.1) is 6.04 Å². The molecule has 0 aliphatic heterocycles. The molecule has 0 amide bonds. The molecule has 0 aliphatic carbocycles. The lowest BCUT2D eigenvalue weighted by Crippen LogP contribution is -2.15. The number of fused-ring (bicyclic) bond motifs is 1. The molecule has 3 rings (SSSR count). The van der Waals surface area contributed by atoms with Crippen LogP contribution in [-0.2, 0) is 0 Å². The van der Waals surface area contributed by atoms with Crippen molar-refractivity contribution in [3.05, 3.63) is 45.0 Å². The highest BCUT2D eigenvalue weighted by molar-refractivity contribution is 7.07. The first kappa shape index (κ1) is 11.0. The molecule has 0 aliphatic rings. The Morgan fingerprint density at radius 2 is 2.33 bits per heavy atom. The Labute approximate surface area is 106 Å². The van der Waals surface area contributed by atoms with E-state index < -0.39 is 0 Å². The number of hydrogen-bond acceptors (Lipinski definition) is 5. The van der Waals surface area contributed by atoms with Gasteiger partial charge in [-0.1, -0.05) is 0 Å². The first-order valence-electron chi connectivity index (χ1n) is 5.47. The number of rotatable bonds is 3. The molecule has 3 aromatic heterocycles. The molecule has 0 bridgehead atoms. The highest BCUT2D eigenvalue weighted by atomic mass is 32.1. The largest absolute Gasteiger partial charge is 0.364 e. The molecule has 3 aromatic rings. The summed E-state index contributed by atoms with van der Waals surface area (Å²) in [5.74, 6) is 0.643. The summed E-state index contributed by atoms with van der Waals surface area (Å²) < 4.78 is 1.24. The van der Waals surface area contributed by atoms with Gasteiger partial charge in [0.1, 0.15) is 5.82 Å². The van der Waals surface area contributed by atoms with Gasteiger partial charge >= 0.3 is 5.69 Å². The van der Waals surface area contributed by atoms with Gasteiger partial charge in [0.2, 0.25) is 0 Å². The second kappa shape index (κ2) is 4.26. The lowest BCUT2D eigenvalue weighted by atomic mass is 10.2. The first-order chi connectivity index (χ1) is 8.74. The number of H-pyrrole nitrogens is 1. The van der Waals surface area contributed by atoms with Gasteiger partial charge in [-0.15, -0.1) is 5.10 Å². The van der Waals surface area contributed by atoms with Gasteiger partial charge in [-0.25, -0.2) is 9.89 Å². The third-order valence-electron chi connectivity index (χ3n) is 2.68. The molecule has 92 valence electrons. The van der Waals surface area contributed by atoms with Crippen molar-refractivity contribution >= 4 is 22.8 Å². The standard InChI is InChI=1S/C11H11N5OS/c1-7(8-4-5-18-6-8)12-9-2-3-10-13-14-11(17)16(10)15-9/h2-7H,1H3,(H,12,15)(H,14,17). The van der Waals surface area contributed by atoms with Gasteiger partial charge in [0.15, 0.2) is 5.65 Å². The SMILES string of the molecule is CC(Nc1ccc2n[nH]c(=O)n2n1)c1ccsc1. The van der Waals surface area contributed by atoms with Gasteiger partial charge in [-0.2, -0.15) is 21.0 Å². The Kier molecular flexibility index (Phi) is 2.60. The number of nitrogens with one attached hydrogen (secondary N) is 2. The van der Waals surface area contributed by atoms with Crippen LogP contribution in [0, 0.1) is 0 Å². The van der Waals surface area contributed by atoms with E-state index in [2.05, 4.69) is 32.1 Å². The fourth-order valence-electron chi connectivity index (χ4n) is 1.71. The molecule has 0 saturated carbocycles. The molecule has 0 saturated heterocycles. The van der Waals surface area contributed by atoms with Gasteiger partial charge in [0, 0.05) is 0 Å².